The number of carbonyl (C=O) groups excluding carboxylic acids is 2. The van der Waals surface area contributed by atoms with Crippen molar-refractivity contribution in [1.29, 1.82) is 0 Å². The monoisotopic (exact) mass is 364 g/mol. The molecular formula is C15H13ClN4O5. The number of benzene rings is 1. The fourth-order valence-electron chi connectivity index (χ4n) is 2.03. The van der Waals surface area contributed by atoms with E-state index in [1.165, 1.54) is 0 Å². The van der Waals surface area contributed by atoms with Gasteiger partial charge in [0.25, 0.3) is 17.2 Å². The second kappa shape index (κ2) is 7.58. The van der Waals surface area contributed by atoms with Crippen LogP contribution in [0.15, 0.2) is 41.3 Å². The molecule has 2 amide bonds. The van der Waals surface area contributed by atoms with Crippen LogP contribution < -0.4 is 16.6 Å². The van der Waals surface area contributed by atoms with Gasteiger partial charge in [-0.05, 0) is 17.7 Å². The first-order valence-corrected chi connectivity index (χ1v) is 7.35. The van der Waals surface area contributed by atoms with Gasteiger partial charge < -0.3 is 11.1 Å². The molecule has 0 spiro atoms. The maximum Gasteiger partial charge on any atom is 0.286 e. The smallest absolute Gasteiger partial charge is 0.286 e. The first-order chi connectivity index (χ1) is 11.8. The Morgan fingerprint density at radius 1 is 1.28 bits per heavy atom. The Balaban J connectivity index is 2.16. The summed E-state index contributed by atoms with van der Waals surface area (Å²) >= 11 is 5.76. The fraction of sp³-hybridized carbons (Fsp3) is 0.133. The third-order valence-electron chi connectivity index (χ3n) is 3.26. The molecule has 1 aromatic heterocycles. The lowest BCUT2D eigenvalue weighted by Gasteiger charge is -2.08. The topological polar surface area (TPSA) is 137 Å². The van der Waals surface area contributed by atoms with Crippen LogP contribution in [0.2, 0.25) is 5.02 Å². The molecule has 25 heavy (non-hydrogen) atoms. The maximum atomic E-state index is 12.1. The van der Waals surface area contributed by atoms with Gasteiger partial charge in [0.1, 0.15) is 12.1 Å². The molecule has 2 aromatic rings. The zero-order valence-corrected chi connectivity index (χ0v) is 13.5. The van der Waals surface area contributed by atoms with E-state index in [2.05, 4.69) is 5.32 Å². The summed E-state index contributed by atoms with van der Waals surface area (Å²) in [6, 6.07) is 7.54. The first kappa shape index (κ1) is 18.1. The number of aromatic nitrogens is 1. The number of carbonyl (C=O) groups is 2. The van der Waals surface area contributed by atoms with E-state index in [0.717, 1.165) is 22.4 Å². The minimum atomic E-state index is -1.11. The Hall–Kier alpha value is -3.20. The van der Waals surface area contributed by atoms with E-state index in [0.29, 0.717) is 5.02 Å². The number of hydrogen-bond acceptors (Lipinski definition) is 5. The number of nitrogens with zero attached hydrogens (tertiary/aromatic N) is 2. The summed E-state index contributed by atoms with van der Waals surface area (Å²) in [6.07, 6.45) is 0.886. The molecule has 130 valence electrons. The van der Waals surface area contributed by atoms with Gasteiger partial charge in [0.05, 0.1) is 11.1 Å². The van der Waals surface area contributed by atoms with Crippen LogP contribution in [0.4, 0.5) is 5.69 Å². The van der Waals surface area contributed by atoms with Gasteiger partial charge >= 0.3 is 0 Å². The quantitative estimate of drug-likeness (QED) is 0.577. The molecule has 0 saturated heterocycles. The van der Waals surface area contributed by atoms with Crippen molar-refractivity contribution in [2.24, 2.45) is 5.73 Å². The predicted octanol–water partition coefficient (Wildman–Crippen LogP) is 0.825. The van der Waals surface area contributed by atoms with Crippen molar-refractivity contribution in [2.45, 2.75) is 13.1 Å². The molecule has 10 heteroatoms. The number of nitrogens with one attached hydrogen (secondary N) is 1. The van der Waals surface area contributed by atoms with Crippen molar-refractivity contribution in [2.75, 3.05) is 0 Å². The summed E-state index contributed by atoms with van der Waals surface area (Å²) in [6.45, 7) is -0.309. The molecule has 0 radical (unpaired) electrons. The number of hydrogen-bond donors (Lipinski definition) is 2. The van der Waals surface area contributed by atoms with Gasteiger partial charge in [0.15, 0.2) is 0 Å². The largest absolute Gasteiger partial charge is 0.365 e. The number of nitrogens with two attached hydrogens (primary N) is 1. The molecule has 0 aliphatic rings. The fourth-order valence-corrected chi connectivity index (χ4v) is 2.15. The average molecular weight is 365 g/mol. The van der Waals surface area contributed by atoms with E-state index in [-0.39, 0.29) is 6.54 Å². The average Bonchev–Trinajstić information content (AvgIpc) is 2.55. The lowest BCUT2D eigenvalue weighted by molar-refractivity contribution is -0.385. The highest BCUT2D eigenvalue weighted by atomic mass is 35.5. The minimum Gasteiger partial charge on any atom is -0.365 e. The lowest BCUT2D eigenvalue weighted by Crippen LogP contribution is -2.35. The number of nitro groups is 1. The SMILES string of the molecule is NC(=O)c1cc([N+](=O)[O-])cn(CC(=O)NCc2ccc(Cl)cc2)c1=O. The van der Waals surface area contributed by atoms with Crippen LogP contribution >= 0.6 is 11.6 Å². The van der Waals surface area contributed by atoms with Crippen LogP contribution in [-0.4, -0.2) is 21.3 Å². The third-order valence-corrected chi connectivity index (χ3v) is 3.52. The molecule has 0 aliphatic heterocycles. The van der Waals surface area contributed by atoms with Gasteiger partial charge in [-0.25, -0.2) is 0 Å². The molecule has 0 bridgehead atoms. The zero-order valence-electron chi connectivity index (χ0n) is 12.8. The molecule has 0 saturated carbocycles. The van der Waals surface area contributed by atoms with E-state index >= 15 is 0 Å². The summed E-state index contributed by atoms with van der Waals surface area (Å²) in [5, 5.41) is 14.0. The number of halogens is 1. The highest BCUT2D eigenvalue weighted by molar-refractivity contribution is 6.30. The Labute approximate surface area is 146 Å². The molecule has 1 aromatic carbocycles. The third kappa shape index (κ3) is 4.64. The van der Waals surface area contributed by atoms with Crippen LogP contribution in [-0.2, 0) is 17.9 Å². The van der Waals surface area contributed by atoms with Gasteiger partial charge in [-0.1, -0.05) is 23.7 Å². The van der Waals surface area contributed by atoms with E-state index in [9.17, 15) is 24.5 Å². The van der Waals surface area contributed by atoms with Crippen LogP contribution in [0.5, 0.6) is 0 Å². The Bertz CT molecular complexity index is 892. The second-order valence-corrected chi connectivity index (χ2v) is 5.51. The van der Waals surface area contributed by atoms with Crippen LogP contribution in [0.3, 0.4) is 0 Å². The molecule has 0 atom stereocenters. The maximum absolute atomic E-state index is 12.1. The van der Waals surface area contributed by atoms with Crippen molar-refractivity contribution in [3.8, 4) is 0 Å². The summed E-state index contributed by atoms with van der Waals surface area (Å²) in [5.41, 5.74) is 3.88. The number of pyridine rings is 1. The van der Waals surface area contributed by atoms with Crippen molar-refractivity contribution >= 4 is 29.1 Å². The molecule has 9 nitrogen and oxygen atoms in total. The van der Waals surface area contributed by atoms with Crippen molar-refractivity contribution in [1.82, 2.24) is 9.88 Å². The van der Waals surface area contributed by atoms with Crippen LogP contribution in [0.1, 0.15) is 15.9 Å². The van der Waals surface area contributed by atoms with Gasteiger partial charge in [0.2, 0.25) is 5.91 Å². The minimum absolute atomic E-state index is 0.183. The molecule has 0 unspecified atom stereocenters. The molecule has 0 fully saturated rings. The number of primary amides is 1. The molecule has 3 N–H and O–H groups in total. The second-order valence-electron chi connectivity index (χ2n) is 5.07. The Morgan fingerprint density at radius 3 is 2.48 bits per heavy atom. The summed E-state index contributed by atoms with van der Waals surface area (Å²) in [4.78, 5) is 45.4. The number of amides is 2. The van der Waals surface area contributed by atoms with Crippen molar-refractivity contribution < 1.29 is 14.5 Å². The van der Waals surface area contributed by atoms with Crippen molar-refractivity contribution in [3.63, 3.8) is 0 Å². The van der Waals surface area contributed by atoms with Gasteiger partial charge in [0, 0.05) is 17.6 Å². The molecule has 1 heterocycles. The molecular weight excluding hydrogens is 352 g/mol. The van der Waals surface area contributed by atoms with Gasteiger partial charge in [-0.3, -0.25) is 29.1 Å². The van der Waals surface area contributed by atoms with E-state index in [1.54, 1.807) is 24.3 Å². The summed E-state index contributed by atoms with van der Waals surface area (Å²) < 4.78 is 0.773. The highest BCUT2D eigenvalue weighted by Gasteiger charge is 2.18. The van der Waals surface area contributed by atoms with E-state index < -0.39 is 40.1 Å². The zero-order chi connectivity index (χ0) is 18.6. The van der Waals surface area contributed by atoms with E-state index in [4.69, 9.17) is 17.3 Å². The Kier molecular flexibility index (Phi) is 5.50. The van der Waals surface area contributed by atoms with Crippen LogP contribution in [0, 0.1) is 10.1 Å². The summed E-state index contributed by atoms with van der Waals surface area (Å²) in [5.74, 6) is -1.67. The highest BCUT2D eigenvalue weighted by Crippen LogP contribution is 2.11. The van der Waals surface area contributed by atoms with Gasteiger partial charge in [-0.15, -0.1) is 0 Å². The van der Waals surface area contributed by atoms with Crippen molar-refractivity contribution in [3.05, 3.63) is 73.1 Å². The van der Waals surface area contributed by atoms with E-state index in [1.807, 2.05) is 0 Å². The lowest BCUT2D eigenvalue weighted by atomic mass is 10.2. The predicted molar refractivity (Wildman–Crippen MR) is 89.2 cm³/mol. The molecule has 0 aliphatic carbocycles. The normalized spacial score (nSPS) is 10.3. The Morgan fingerprint density at radius 2 is 1.92 bits per heavy atom. The number of rotatable bonds is 6. The standard InChI is InChI=1S/C15H13ClN4O5/c16-10-3-1-9(2-4-10)6-18-13(21)8-19-7-11(20(24)25)5-12(14(17)22)15(19)23/h1-5,7H,6,8H2,(H2,17,22)(H,18,21). The van der Waals surface area contributed by atoms with Gasteiger partial charge in [-0.2, -0.15) is 0 Å². The first-order valence-electron chi connectivity index (χ1n) is 6.97. The summed E-state index contributed by atoms with van der Waals surface area (Å²) in [7, 11) is 0. The molecule has 2 rings (SSSR count). The van der Waals surface area contributed by atoms with Crippen LogP contribution in [0.25, 0.3) is 0 Å².